The lowest BCUT2D eigenvalue weighted by Gasteiger charge is -2.01. The molecule has 15 heavy (non-hydrogen) atoms. The molecule has 0 aromatic carbocycles. The molecule has 0 unspecified atom stereocenters. The van der Waals surface area contributed by atoms with E-state index in [4.69, 9.17) is 0 Å². The van der Waals surface area contributed by atoms with Gasteiger partial charge in [0.1, 0.15) is 5.69 Å². The minimum Gasteiger partial charge on any atom is -0.320 e. The van der Waals surface area contributed by atoms with E-state index in [1.807, 2.05) is 5.38 Å². The van der Waals surface area contributed by atoms with E-state index in [9.17, 15) is 9.18 Å². The van der Waals surface area contributed by atoms with Crippen molar-refractivity contribution in [1.82, 2.24) is 4.98 Å². The third-order valence-electron chi connectivity index (χ3n) is 1.73. The third kappa shape index (κ3) is 2.38. The van der Waals surface area contributed by atoms with Gasteiger partial charge in [-0.3, -0.25) is 4.79 Å². The average Bonchev–Trinajstić information content (AvgIpc) is 2.70. The number of carbonyl (C=O) groups is 1. The van der Waals surface area contributed by atoms with Gasteiger partial charge in [-0.25, -0.2) is 4.98 Å². The molecule has 0 fully saturated rings. The van der Waals surface area contributed by atoms with E-state index in [0.29, 0.717) is 5.69 Å². The zero-order valence-electron chi connectivity index (χ0n) is 7.61. The normalized spacial score (nSPS) is 9.93. The van der Waals surface area contributed by atoms with Gasteiger partial charge in [0.05, 0.1) is 5.69 Å². The highest BCUT2D eigenvalue weighted by Gasteiger charge is 2.08. The summed E-state index contributed by atoms with van der Waals surface area (Å²) < 4.78 is 12.7. The first kappa shape index (κ1) is 9.79. The number of pyridine rings is 1. The molecule has 0 aliphatic carbocycles. The fourth-order valence-corrected chi connectivity index (χ4v) is 1.65. The minimum atomic E-state index is -0.659. The molecule has 2 aromatic rings. The predicted octanol–water partition coefficient (Wildman–Crippen LogP) is 2.53. The number of amides is 1. The summed E-state index contributed by atoms with van der Waals surface area (Å²) in [5.41, 5.74) is 0.761. The molecule has 0 bridgehead atoms. The Bertz CT molecular complexity index is 470. The van der Waals surface area contributed by atoms with Gasteiger partial charge in [-0.1, -0.05) is 6.07 Å². The van der Waals surface area contributed by atoms with Gasteiger partial charge in [0.2, 0.25) is 5.95 Å². The van der Waals surface area contributed by atoms with Gasteiger partial charge in [-0.2, -0.15) is 15.7 Å². The van der Waals surface area contributed by atoms with Crippen molar-refractivity contribution in [3.05, 3.63) is 46.7 Å². The number of hydrogen-bond acceptors (Lipinski definition) is 3. The van der Waals surface area contributed by atoms with Crippen LogP contribution in [0, 0.1) is 5.95 Å². The molecule has 2 rings (SSSR count). The van der Waals surface area contributed by atoms with E-state index in [2.05, 4.69) is 10.3 Å². The van der Waals surface area contributed by atoms with Gasteiger partial charge >= 0.3 is 0 Å². The van der Waals surface area contributed by atoms with Crippen LogP contribution in [0.5, 0.6) is 0 Å². The molecule has 0 saturated carbocycles. The second kappa shape index (κ2) is 4.18. The lowest BCUT2D eigenvalue weighted by atomic mass is 10.3. The highest BCUT2D eigenvalue weighted by atomic mass is 32.1. The molecule has 5 heteroatoms. The number of thiophene rings is 1. The SMILES string of the molecule is O=C(Nc1ccsc1)c1cccc(F)n1. The van der Waals surface area contributed by atoms with Crippen LogP contribution in [0.1, 0.15) is 10.5 Å². The summed E-state index contributed by atoms with van der Waals surface area (Å²) in [6.07, 6.45) is 0. The van der Waals surface area contributed by atoms with E-state index in [-0.39, 0.29) is 5.69 Å². The second-order valence-electron chi connectivity index (χ2n) is 2.81. The van der Waals surface area contributed by atoms with E-state index in [1.165, 1.54) is 29.5 Å². The molecule has 0 radical (unpaired) electrons. The highest BCUT2D eigenvalue weighted by Crippen LogP contribution is 2.12. The summed E-state index contributed by atoms with van der Waals surface area (Å²) in [4.78, 5) is 15.0. The number of rotatable bonds is 2. The van der Waals surface area contributed by atoms with Crippen LogP contribution in [0.2, 0.25) is 0 Å². The third-order valence-corrected chi connectivity index (χ3v) is 2.41. The molecular weight excluding hydrogens is 215 g/mol. The number of anilines is 1. The maximum absolute atomic E-state index is 12.7. The zero-order valence-corrected chi connectivity index (χ0v) is 8.42. The van der Waals surface area contributed by atoms with Crippen LogP contribution in [0.3, 0.4) is 0 Å². The summed E-state index contributed by atoms with van der Waals surface area (Å²) in [5.74, 6) is -1.07. The molecule has 3 nitrogen and oxygen atoms in total. The Morgan fingerprint density at radius 1 is 1.40 bits per heavy atom. The first-order chi connectivity index (χ1) is 7.25. The molecule has 2 heterocycles. The number of nitrogens with zero attached hydrogens (tertiary/aromatic N) is 1. The summed E-state index contributed by atoms with van der Waals surface area (Å²) >= 11 is 1.47. The molecule has 2 aromatic heterocycles. The maximum Gasteiger partial charge on any atom is 0.274 e. The van der Waals surface area contributed by atoms with Crippen molar-refractivity contribution >= 4 is 22.9 Å². The van der Waals surface area contributed by atoms with Gasteiger partial charge in [-0.15, -0.1) is 0 Å². The fraction of sp³-hybridized carbons (Fsp3) is 0. The number of aromatic nitrogens is 1. The molecule has 1 amide bonds. The lowest BCUT2D eigenvalue weighted by molar-refractivity contribution is 0.102. The van der Waals surface area contributed by atoms with Crippen LogP contribution in [0.4, 0.5) is 10.1 Å². The molecular formula is C10H7FN2OS. The quantitative estimate of drug-likeness (QED) is 0.793. The van der Waals surface area contributed by atoms with Crippen molar-refractivity contribution in [1.29, 1.82) is 0 Å². The zero-order chi connectivity index (χ0) is 10.7. The maximum atomic E-state index is 12.7. The smallest absolute Gasteiger partial charge is 0.274 e. The highest BCUT2D eigenvalue weighted by molar-refractivity contribution is 7.08. The summed E-state index contributed by atoms with van der Waals surface area (Å²) in [7, 11) is 0. The molecule has 0 saturated heterocycles. The Balaban J connectivity index is 2.15. The number of carbonyl (C=O) groups excluding carboxylic acids is 1. The van der Waals surface area contributed by atoms with Crippen LogP contribution < -0.4 is 5.32 Å². The monoisotopic (exact) mass is 222 g/mol. The topological polar surface area (TPSA) is 42.0 Å². The summed E-state index contributed by atoms with van der Waals surface area (Å²) in [6.45, 7) is 0. The van der Waals surface area contributed by atoms with E-state index >= 15 is 0 Å². The van der Waals surface area contributed by atoms with Crippen LogP contribution in [-0.2, 0) is 0 Å². The van der Waals surface area contributed by atoms with Crippen molar-refractivity contribution < 1.29 is 9.18 Å². The van der Waals surface area contributed by atoms with Crippen molar-refractivity contribution in [2.45, 2.75) is 0 Å². The second-order valence-corrected chi connectivity index (χ2v) is 3.59. The van der Waals surface area contributed by atoms with Crippen LogP contribution >= 0.6 is 11.3 Å². The van der Waals surface area contributed by atoms with Gasteiger partial charge < -0.3 is 5.32 Å². The van der Waals surface area contributed by atoms with Crippen molar-refractivity contribution in [3.63, 3.8) is 0 Å². The first-order valence-electron chi connectivity index (χ1n) is 4.22. The average molecular weight is 222 g/mol. The molecule has 0 aliphatic heterocycles. The Morgan fingerprint density at radius 2 is 2.27 bits per heavy atom. The van der Waals surface area contributed by atoms with Crippen molar-refractivity contribution in [2.75, 3.05) is 5.32 Å². The Kier molecular flexibility index (Phi) is 2.73. The molecule has 0 aliphatic rings. The minimum absolute atomic E-state index is 0.0706. The first-order valence-corrected chi connectivity index (χ1v) is 5.16. The van der Waals surface area contributed by atoms with Crippen LogP contribution in [0.25, 0.3) is 0 Å². The molecule has 1 N–H and O–H groups in total. The lowest BCUT2D eigenvalue weighted by Crippen LogP contribution is -2.13. The van der Waals surface area contributed by atoms with E-state index in [0.717, 1.165) is 0 Å². The fourth-order valence-electron chi connectivity index (χ4n) is 1.07. The van der Waals surface area contributed by atoms with Gasteiger partial charge in [0.15, 0.2) is 0 Å². The molecule has 0 atom stereocenters. The van der Waals surface area contributed by atoms with Crippen LogP contribution in [-0.4, -0.2) is 10.9 Å². The van der Waals surface area contributed by atoms with Crippen molar-refractivity contribution in [3.8, 4) is 0 Å². The Morgan fingerprint density at radius 3 is 2.93 bits per heavy atom. The Labute approximate surface area is 89.6 Å². The number of nitrogens with one attached hydrogen (secondary N) is 1. The standard InChI is InChI=1S/C10H7FN2OS/c11-9-3-1-2-8(13-9)10(14)12-7-4-5-15-6-7/h1-6H,(H,12,14). The van der Waals surface area contributed by atoms with Crippen LogP contribution in [0.15, 0.2) is 35.0 Å². The van der Waals surface area contributed by atoms with Gasteiger partial charge in [-0.05, 0) is 23.6 Å². The summed E-state index contributed by atoms with van der Waals surface area (Å²) in [5, 5.41) is 6.24. The predicted molar refractivity (Wildman–Crippen MR) is 56.5 cm³/mol. The number of halogens is 1. The van der Waals surface area contributed by atoms with E-state index in [1.54, 1.807) is 11.4 Å². The largest absolute Gasteiger partial charge is 0.320 e. The molecule has 0 spiro atoms. The van der Waals surface area contributed by atoms with E-state index < -0.39 is 11.9 Å². The summed E-state index contributed by atoms with van der Waals surface area (Å²) in [6, 6.07) is 5.87. The Hall–Kier alpha value is -1.75. The van der Waals surface area contributed by atoms with Gasteiger partial charge in [0, 0.05) is 5.38 Å². The number of hydrogen-bond donors (Lipinski definition) is 1. The van der Waals surface area contributed by atoms with Crippen molar-refractivity contribution in [2.24, 2.45) is 0 Å². The van der Waals surface area contributed by atoms with Gasteiger partial charge in [0.25, 0.3) is 5.91 Å². The molecule has 76 valence electrons.